The number of halogens is 1. The largest absolute Gasteiger partial charge is 0.381 e. The van der Waals surface area contributed by atoms with Crippen LogP contribution < -0.4 is 11.1 Å². The summed E-state index contributed by atoms with van der Waals surface area (Å²) in [5, 5.41) is 3.29. The highest BCUT2D eigenvalue weighted by Gasteiger charge is 2.29. The van der Waals surface area contributed by atoms with Crippen molar-refractivity contribution in [2.75, 3.05) is 18.2 Å². The van der Waals surface area contributed by atoms with E-state index in [1.165, 1.54) is 0 Å². The Morgan fingerprint density at radius 3 is 3.00 bits per heavy atom. The Kier molecular flexibility index (Phi) is 3.06. The molecule has 82 valence electrons. The molecule has 0 atom stereocenters. The number of hydrogen-bond donors (Lipinski definition) is 2. The van der Waals surface area contributed by atoms with E-state index in [1.807, 2.05) is 0 Å². The fraction of sp³-hybridized carbons (Fsp3) is 0.556. The van der Waals surface area contributed by atoms with E-state index < -0.39 is 0 Å². The lowest BCUT2D eigenvalue weighted by Gasteiger charge is -2.35. The zero-order chi connectivity index (χ0) is 10.8. The van der Waals surface area contributed by atoms with Gasteiger partial charge in [0, 0.05) is 19.3 Å². The van der Waals surface area contributed by atoms with Gasteiger partial charge in [-0.15, -0.1) is 0 Å². The van der Waals surface area contributed by atoms with E-state index in [2.05, 4.69) is 31.2 Å². The van der Waals surface area contributed by atoms with Crippen LogP contribution in [0, 0.1) is 0 Å². The van der Waals surface area contributed by atoms with Gasteiger partial charge in [0.05, 0.1) is 10.6 Å². The van der Waals surface area contributed by atoms with Gasteiger partial charge >= 0.3 is 0 Å². The third-order valence-corrected chi connectivity index (χ3v) is 3.11. The number of nitrogens with zero attached hydrogens (tertiary/aromatic N) is 2. The van der Waals surface area contributed by atoms with Crippen LogP contribution in [0.15, 0.2) is 10.7 Å². The number of nitrogens with one attached hydrogen (secondary N) is 1. The van der Waals surface area contributed by atoms with E-state index in [0.29, 0.717) is 12.1 Å². The van der Waals surface area contributed by atoms with Crippen molar-refractivity contribution in [2.24, 2.45) is 0 Å². The molecule has 1 aromatic rings. The molecule has 0 saturated heterocycles. The molecule has 1 saturated carbocycles. The van der Waals surface area contributed by atoms with Crippen LogP contribution in [0.5, 0.6) is 0 Å². The van der Waals surface area contributed by atoms with Crippen molar-refractivity contribution in [3.63, 3.8) is 0 Å². The fourth-order valence-corrected chi connectivity index (χ4v) is 1.86. The van der Waals surface area contributed by atoms with Crippen LogP contribution in [0.25, 0.3) is 0 Å². The lowest BCUT2D eigenvalue weighted by Crippen LogP contribution is -2.40. The number of anilines is 2. The predicted octanol–water partition coefficient (Wildman–Crippen LogP) is 1.41. The third-order valence-electron chi connectivity index (χ3n) is 2.53. The van der Waals surface area contributed by atoms with Gasteiger partial charge < -0.3 is 15.8 Å². The van der Waals surface area contributed by atoms with Crippen molar-refractivity contribution in [2.45, 2.75) is 25.0 Å². The van der Waals surface area contributed by atoms with Crippen LogP contribution in [-0.4, -0.2) is 29.2 Å². The van der Waals surface area contributed by atoms with E-state index >= 15 is 0 Å². The summed E-state index contributed by atoms with van der Waals surface area (Å²) >= 11 is 3.37. The molecule has 6 heteroatoms. The first-order valence-corrected chi connectivity index (χ1v) is 5.55. The van der Waals surface area contributed by atoms with Crippen molar-refractivity contribution in [1.82, 2.24) is 9.97 Å². The summed E-state index contributed by atoms with van der Waals surface area (Å²) in [4.78, 5) is 7.99. The smallest absolute Gasteiger partial charge is 0.221 e. The average Bonchev–Trinajstić information content (AvgIpc) is 2.16. The minimum absolute atomic E-state index is 0.281. The van der Waals surface area contributed by atoms with Gasteiger partial charge in [-0.1, -0.05) is 0 Å². The van der Waals surface area contributed by atoms with Crippen molar-refractivity contribution >= 4 is 27.7 Å². The second-order valence-electron chi connectivity index (χ2n) is 3.60. The molecule has 1 fully saturated rings. The van der Waals surface area contributed by atoms with Gasteiger partial charge in [0.1, 0.15) is 5.82 Å². The molecule has 0 unspecified atom stereocenters. The van der Waals surface area contributed by atoms with Crippen LogP contribution in [0.4, 0.5) is 11.8 Å². The van der Waals surface area contributed by atoms with Gasteiger partial charge in [-0.25, -0.2) is 4.98 Å². The van der Waals surface area contributed by atoms with Crippen LogP contribution in [0.1, 0.15) is 12.8 Å². The van der Waals surface area contributed by atoms with Crippen molar-refractivity contribution in [3.05, 3.63) is 10.7 Å². The molecule has 15 heavy (non-hydrogen) atoms. The highest BCUT2D eigenvalue weighted by atomic mass is 79.9. The highest BCUT2D eigenvalue weighted by molar-refractivity contribution is 9.10. The molecule has 3 N–H and O–H groups in total. The zero-order valence-electron chi connectivity index (χ0n) is 8.40. The number of nitrogen functional groups attached to an aromatic ring is 1. The molecule has 0 radical (unpaired) electrons. The Hall–Kier alpha value is -0.880. The first-order chi connectivity index (χ1) is 7.19. The normalized spacial score (nSPS) is 24.7. The maximum Gasteiger partial charge on any atom is 0.221 e. The molecule has 2 rings (SSSR count). The molecule has 0 aliphatic heterocycles. The molecule has 5 nitrogen and oxygen atoms in total. The average molecular weight is 273 g/mol. The summed E-state index contributed by atoms with van der Waals surface area (Å²) in [7, 11) is 1.74. The zero-order valence-corrected chi connectivity index (χ0v) is 9.99. The standard InChI is InChI=1S/C9H13BrN4O/c1-15-6-2-5(3-6)13-8-7(10)4-12-9(11)14-8/h4-6H,2-3H2,1H3,(H3,11,12,13,14). The third kappa shape index (κ3) is 2.38. The van der Waals surface area contributed by atoms with Crippen LogP contribution in [0.2, 0.25) is 0 Å². The molecular weight excluding hydrogens is 260 g/mol. The Morgan fingerprint density at radius 2 is 2.33 bits per heavy atom. The van der Waals surface area contributed by atoms with Gasteiger partial charge in [0.2, 0.25) is 5.95 Å². The van der Waals surface area contributed by atoms with E-state index in [4.69, 9.17) is 10.5 Å². The van der Waals surface area contributed by atoms with E-state index in [9.17, 15) is 0 Å². The molecule has 1 heterocycles. The lowest BCUT2D eigenvalue weighted by atomic mass is 9.89. The molecule has 0 aromatic carbocycles. The van der Waals surface area contributed by atoms with Gasteiger partial charge in [0.25, 0.3) is 0 Å². The predicted molar refractivity (Wildman–Crippen MR) is 61.6 cm³/mol. The molecule has 0 amide bonds. The summed E-state index contributed by atoms with van der Waals surface area (Å²) in [6.45, 7) is 0. The van der Waals surface area contributed by atoms with Crippen LogP contribution >= 0.6 is 15.9 Å². The Bertz CT molecular complexity index is 354. The summed E-state index contributed by atoms with van der Waals surface area (Å²) in [5.74, 6) is 1.03. The Labute approximate surface area is 96.6 Å². The Morgan fingerprint density at radius 1 is 1.60 bits per heavy atom. The minimum atomic E-state index is 0.281. The molecule has 0 bridgehead atoms. The monoisotopic (exact) mass is 272 g/mol. The second-order valence-corrected chi connectivity index (χ2v) is 4.45. The number of hydrogen-bond acceptors (Lipinski definition) is 5. The fourth-order valence-electron chi connectivity index (χ4n) is 1.55. The summed E-state index contributed by atoms with van der Waals surface area (Å²) < 4.78 is 6.03. The van der Waals surface area contributed by atoms with Crippen LogP contribution in [0.3, 0.4) is 0 Å². The number of rotatable bonds is 3. The van der Waals surface area contributed by atoms with Crippen molar-refractivity contribution in [1.29, 1.82) is 0 Å². The maximum absolute atomic E-state index is 5.51. The molecule has 0 spiro atoms. The van der Waals surface area contributed by atoms with Crippen LogP contribution in [-0.2, 0) is 4.74 Å². The SMILES string of the molecule is COC1CC(Nc2nc(N)ncc2Br)C1. The van der Waals surface area contributed by atoms with E-state index in [-0.39, 0.29) is 5.95 Å². The first-order valence-electron chi connectivity index (χ1n) is 4.76. The highest BCUT2D eigenvalue weighted by Crippen LogP contribution is 2.28. The first kappa shape index (κ1) is 10.6. The quantitative estimate of drug-likeness (QED) is 0.871. The molecule has 1 aliphatic carbocycles. The molecule has 1 aliphatic rings. The van der Waals surface area contributed by atoms with Gasteiger partial charge in [-0.2, -0.15) is 4.98 Å². The molecular formula is C9H13BrN4O. The van der Waals surface area contributed by atoms with Gasteiger partial charge in [-0.05, 0) is 28.8 Å². The summed E-state index contributed by atoms with van der Waals surface area (Å²) in [5.41, 5.74) is 5.51. The Balaban J connectivity index is 1.97. The molecule has 1 aromatic heterocycles. The number of ether oxygens (including phenoxy) is 1. The minimum Gasteiger partial charge on any atom is -0.381 e. The number of nitrogens with two attached hydrogens (primary N) is 1. The van der Waals surface area contributed by atoms with E-state index in [1.54, 1.807) is 13.3 Å². The van der Waals surface area contributed by atoms with Gasteiger partial charge in [0.15, 0.2) is 0 Å². The second kappa shape index (κ2) is 4.32. The van der Waals surface area contributed by atoms with Gasteiger partial charge in [-0.3, -0.25) is 0 Å². The number of aromatic nitrogens is 2. The van der Waals surface area contributed by atoms with E-state index in [0.717, 1.165) is 23.1 Å². The maximum atomic E-state index is 5.51. The summed E-state index contributed by atoms with van der Waals surface area (Å²) in [6.07, 6.45) is 4.04. The summed E-state index contributed by atoms with van der Waals surface area (Å²) in [6, 6.07) is 0.417. The number of methoxy groups -OCH3 is 1. The lowest BCUT2D eigenvalue weighted by molar-refractivity contribution is 0.0328. The van der Waals surface area contributed by atoms with Crippen molar-refractivity contribution < 1.29 is 4.74 Å². The topological polar surface area (TPSA) is 73.1 Å². The van der Waals surface area contributed by atoms with Crippen molar-refractivity contribution in [3.8, 4) is 0 Å².